The first kappa shape index (κ1) is 29.8. The van der Waals surface area contributed by atoms with E-state index in [1.165, 1.54) is 0 Å². The summed E-state index contributed by atoms with van der Waals surface area (Å²) in [6.45, 7) is 13.4. The molecule has 0 fully saturated rings. The Balaban J connectivity index is 6.48. The lowest BCUT2D eigenvalue weighted by molar-refractivity contribution is -0.169. The van der Waals surface area contributed by atoms with E-state index in [1.807, 2.05) is 0 Å². The van der Waals surface area contributed by atoms with Crippen molar-refractivity contribution in [3.8, 4) is 0 Å². The second-order valence-corrected chi connectivity index (χ2v) is 10.4. The van der Waals surface area contributed by atoms with E-state index < -0.39 is 46.7 Å². The number of esters is 1. The van der Waals surface area contributed by atoms with Crippen molar-refractivity contribution in [2.45, 2.75) is 104 Å². The lowest BCUT2D eigenvalue weighted by Crippen LogP contribution is -2.66. The number of imide groups is 1. The normalized spacial score (nSPS) is 15.0. The number of nitrogens with two attached hydrogens (primary N) is 2. The smallest absolute Gasteiger partial charge is 0.417 e. The molecule has 0 aliphatic rings. The van der Waals surface area contributed by atoms with Gasteiger partial charge in [0.2, 0.25) is 0 Å². The average Bonchev–Trinajstić information content (AvgIpc) is 2.56. The Morgan fingerprint density at radius 1 is 0.938 bits per heavy atom. The van der Waals surface area contributed by atoms with Crippen LogP contribution in [0.4, 0.5) is 4.79 Å². The maximum atomic E-state index is 13.6. The zero-order valence-corrected chi connectivity index (χ0v) is 20.7. The highest BCUT2D eigenvalue weighted by Gasteiger charge is 2.52. The van der Waals surface area contributed by atoms with Crippen LogP contribution in [0.1, 0.15) is 81.1 Å². The van der Waals surface area contributed by atoms with Crippen LogP contribution in [-0.4, -0.2) is 63.3 Å². The topological polar surface area (TPSA) is 162 Å². The minimum atomic E-state index is -2.28. The van der Waals surface area contributed by atoms with E-state index in [2.05, 4.69) is 0 Å². The third kappa shape index (κ3) is 9.52. The molecule has 0 rings (SSSR count). The van der Waals surface area contributed by atoms with E-state index in [1.54, 1.807) is 55.4 Å². The summed E-state index contributed by atoms with van der Waals surface area (Å²) >= 11 is 0. The Bertz CT molecular complexity index is 680. The molecule has 0 unspecified atom stereocenters. The number of unbranched alkanes of at least 4 members (excludes halogenated alkanes) is 1. The fourth-order valence-electron chi connectivity index (χ4n) is 2.99. The highest BCUT2D eigenvalue weighted by Crippen LogP contribution is 2.26. The Kier molecular flexibility index (Phi) is 10.8. The Morgan fingerprint density at radius 2 is 1.44 bits per heavy atom. The van der Waals surface area contributed by atoms with Crippen molar-refractivity contribution < 1.29 is 33.8 Å². The fraction of sp³-hybridized carbons (Fsp3) is 0.818. The summed E-state index contributed by atoms with van der Waals surface area (Å²) in [5.41, 5.74) is 7.54. The largest absolute Gasteiger partial charge is 0.480 e. The Morgan fingerprint density at radius 3 is 1.81 bits per heavy atom. The average molecular weight is 460 g/mol. The fourth-order valence-corrected chi connectivity index (χ4v) is 2.99. The minimum Gasteiger partial charge on any atom is -0.480 e. The van der Waals surface area contributed by atoms with Gasteiger partial charge in [-0.25, -0.2) is 19.3 Å². The molecule has 10 nitrogen and oxygen atoms in total. The summed E-state index contributed by atoms with van der Waals surface area (Å²) in [7, 11) is 0. The second-order valence-electron chi connectivity index (χ2n) is 10.4. The number of aliphatic carboxylic acids is 1. The van der Waals surface area contributed by atoms with Gasteiger partial charge < -0.3 is 26.0 Å². The van der Waals surface area contributed by atoms with Crippen LogP contribution in [0.15, 0.2) is 0 Å². The molecule has 0 saturated heterocycles. The highest BCUT2D eigenvalue weighted by atomic mass is 16.6. The van der Waals surface area contributed by atoms with Crippen molar-refractivity contribution in [3.05, 3.63) is 0 Å². The molecule has 32 heavy (non-hydrogen) atoms. The van der Waals surface area contributed by atoms with Crippen LogP contribution in [0.3, 0.4) is 0 Å². The van der Waals surface area contributed by atoms with Gasteiger partial charge in [0.15, 0.2) is 5.54 Å². The summed E-state index contributed by atoms with van der Waals surface area (Å²) < 4.78 is 10.7. The van der Waals surface area contributed by atoms with Gasteiger partial charge in [-0.2, -0.15) is 0 Å². The van der Waals surface area contributed by atoms with Crippen molar-refractivity contribution in [1.29, 1.82) is 0 Å². The number of carbonyl (C=O) groups is 4. The molecule has 0 aliphatic heterocycles. The van der Waals surface area contributed by atoms with Crippen LogP contribution in [0.25, 0.3) is 0 Å². The van der Waals surface area contributed by atoms with E-state index >= 15 is 0 Å². The highest BCUT2D eigenvalue weighted by molar-refractivity contribution is 6.12. The molecule has 0 spiro atoms. The van der Waals surface area contributed by atoms with Crippen LogP contribution in [0.2, 0.25) is 0 Å². The lowest BCUT2D eigenvalue weighted by Gasteiger charge is -2.37. The van der Waals surface area contributed by atoms with Crippen molar-refractivity contribution >= 4 is 23.9 Å². The molecule has 10 heteroatoms. The molecular weight excluding hydrogens is 418 g/mol. The standard InChI is InChI=1S/C22H41N3O7/c1-14(2)13-22(24,18(29)31-20(3,4)5)17(28)25(19(30)32-21(6,7)8)15(16(26)27)11-9-10-12-23/h14-15H,9-13,23-24H2,1-8H3,(H,26,27)/t15-,22-/m0/s1. The number of ether oxygens (including phenoxy) is 2. The predicted octanol–water partition coefficient (Wildman–Crippen LogP) is 2.42. The van der Waals surface area contributed by atoms with E-state index in [0.29, 0.717) is 24.3 Å². The first-order valence-electron chi connectivity index (χ1n) is 10.9. The van der Waals surface area contributed by atoms with Crippen LogP contribution >= 0.6 is 0 Å². The first-order chi connectivity index (χ1) is 14.4. The maximum absolute atomic E-state index is 13.6. The molecule has 0 aromatic heterocycles. The van der Waals surface area contributed by atoms with Crippen molar-refractivity contribution in [1.82, 2.24) is 4.90 Å². The molecule has 2 amide bonds. The van der Waals surface area contributed by atoms with Crippen LogP contribution < -0.4 is 11.5 Å². The van der Waals surface area contributed by atoms with E-state index in [-0.39, 0.29) is 18.8 Å². The van der Waals surface area contributed by atoms with Crippen LogP contribution in [0, 0.1) is 5.92 Å². The zero-order valence-electron chi connectivity index (χ0n) is 20.7. The third-order valence-corrected chi connectivity index (χ3v) is 4.21. The number of carboxylic acid groups (broad SMARTS) is 1. The molecule has 2 atom stereocenters. The Hall–Kier alpha value is -2.20. The van der Waals surface area contributed by atoms with Gasteiger partial charge >= 0.3 is 18.0 Å². The molecule has 0 aromatic rings. The second kappa shape index (κ2) is 11.6. The number of hydrogen-bond acceptors (Lipinski definition) is 8. The lowest BCUT2D eigenvalue weighted by atomic mass is 9.87. The summed E-state index contributed by atoms with van der Waals surface area (Å²) in [4.78, 5) is 52.2. The minimum absolute atomic E-state index is 0.0659. The molecular formula is C22H41N3O7. The van der Waals surface area contributed by atoms with Crippen LogP contribution in [-0.2, 0) is 23.9 Å². The molecule has 186 valence electrons. The summed E-state index contributed by atoms with van der Waals surface area (Å²) in [6.07, 6.45) is -0.580. The van der Waals surface area contributed by atoms with Crippen molar-refractivity contribution in [2.75, 3.05) is 6.54 Å². The van der Waals surface area contributed by atoms with Gasteiger partial charge in [0.1, 0.15) is 17.2 Å². The van der Waals surface area contributed by atoms with Crippen molar-refractivity contribution in [2.24, 2.45) is 17.4 Å². The van der Waals surface area contributed by atoms with E-state index in [9.17, 15) is 24.3 Å². The predicted molar refractivity (Wildman–Crippen MR) is 120 cm³/mol. The molecule has 0 heterocycles. The third-order valence-electron chi connectivity index (χ3n) is 4.21. The molecule has 0 saturated carbocycles. The molecule has 0 aliphatic carbocycles. The van der Waals surface area contributed by atoms with Gasteiger partial charge in [-0.05, 0) is 79.7 Å². The van der Waals surface area contributed by atoms with E-state index in [4.69, 9.17) is 20.9 Å². The molecule has 0 radical (unpaired) electrons. The number of hydrogen-bond donors (Lipinski definition) is 3. The van der Waals surface area contributed by atoms with Crippen LogP contribution in [0.5, 0.6) is 0 Å². The van der Waals surface area contributed by atoms with Gasteiger partial charge in [-0.15, -0.1) is 0 Å². The summed E-state index contributed by atoms with van der Waals surface area (Å²) in [6, 6.07) is -1.58. The SMILES string of the molecule is CC(C)C[C@@](N)(C(=O)OC(C)(C)C)C(=O)N(C(=O)OC(C)(C)C)[C@@H](CCCCN)C(=O)O. The quantitative estimate of drug-likeness (QED) is 0.253. The number of carbonyl (C=O) groups excluding carboxylic acids is 3. The summed E-state index contributed by atoms with van der Waals surface area (Å²) in [5, 5.41) is 9.82. The molecule has 5 N–H and O–H groups in total. The number of carboxylic acids is 1. The summed E-state index contributed by atoms with van der Waals surface area (Å²) in [5.74, 6) is -3.87. The number of rotatable bonds is 10. The van der Waals surface area contributed by atoms with Crippen molar-refractivity contribution in [3.63, 3.8) is 0 Å². The van der Waals surface area contributed by atoms with Gasteiger partial charge in [0, 0.05) is 0 Å². The molecule has 0 bridgehead atoms. The zero-order chi connectivity index (χ0) is 25.5. The van der Waals surface area contributed by atoms with Gasteiger partial charge in [-0.1, -0.05) is 13.8 Å². The monoisotopic (exact) mass is 459 g/mol. The first-order valence-corrected chi connectivity index (χ1v) is 10.9. The van der Waals surface area contributed by atoms with Gasteiger partial charge in [-0.3, -0.25) is 4.79 Å². The number of nitrogens with zero attached hydrogens (tertiary/aromatic N) is 1. The number of amides is 2. The Labute approximate surface area is 191 Å². The van der Waals surface area contributed by atoms with Gasteiger partial charge in [0.25, 0.3) is 5.91 Å². The molecule has 0 aromatic carbocycles. The maximum Gasteiger partial charge on any atom is 0.417 e. The van der Waals surface area contributed by atoms with Gasteiger partial charge in [0.05, 0.1) is 0 Å². The van der Waals surface area contributed by atoms with E-state index in [0.717, 1.165) is 0 Å².